The van der Waals surface area contributed by atoms with Crippen LogP contribution in [0.4, 0.5) is 15.9 Å². The molecule has 1 fully saturated rings. The molecule has 2 aromatic heterocycles. The van der Waals surface area contributed by atoms with Crippen LogP contribution in [0, 0.1) is 5.82 Å². The maximum absolute atomic E-state index is 13.9. The van der Waals surface area contributed by atoms with E-state index in [1.54, 1.807) is 24.5 Å². The summed E-state index contributed by atoms with van der Waals surface area (Å²) in [5, 5.41) is 10.3. The Balaban J connectivity index is 1.14. The molecule has 6 rings (SSSR count). The SMILES string of the molecule is CCN1CCN(c2ccc(C(=O)Nc3cc(-c4ccc5ncn(Cc6cccc(F)c6Cl)c5c4)[nH]n3)cc2)CC1. The quantitative estimate of drug-likeness (QED) is 0.270. The number of hydrogen-bond acceptors (Lipinski definition) is 5. The lowest BCUT2D eigenvalue weighted by Crippen LogP contribution is -2.46. The number of fused-ring (bicyclic) bond motifs is 1. The third-order valence-corrected chi connectivity index (χ3v) is 7.86. The van der Waals surface area contributed by atoms with Crippen LogP contribution in [0.15, 0.2) is 73.1 Å². The van der Waals surface area contributed by atoms with E-state index in [9.17, 15) is 9.18 Å². The predicted molar refractivity (Wildman–Crippen MR) is 157 cm³/mol. The first-order valence-electron chi connectivity index (χ1n) is 13.3. The third kappa shape index (κ3) is 5.30. The van der Waals surface area contributed by atoms with Crippen molar-refractivity contribution in [2.24, 2.45) is 0 Å². The van der Waals surface area contributed by atoms with Crippen LogP contribution < -0.4 is 10.2 Å². The van der Waals surface area contributed by atoms with Gasteiger partial charge in [0.15, 0.2) is 5.82 Å². The highest BCUT2D eigenvalue weighted by Crippen LogP contribution is 2.27. The molecule has 40 heavy (non-hydrogen) atoms. The summed E-state index contributed by atoms with van der Waals surface area (Å²) in [4.78, 5) is 22.2. The minimum atomic E-state index is -0.447. The molecule has 3 heterocycles. The van der Waals surface area contributed by atoms with Gasteiger partial charge >= 0.3 is 0 Å². The van der Waals surface area contributed by atoms with E-state index in [4.69, 9.17) is 11.6 Å². The minimum absolute atomic E-state index is 0.110. The van der Waals surface area contributed by atoms with Gasteiger partial charge in [0.25, 0.3) is 5.91 Å². The summed E-state index contributed by atoms with van der Waals surface area (Å²) in [5.41, 5.74) is 5.67. The number of anilines is 2. The number of rotatable bonds is 7. The molecule has 5 aromatic rings. The summed E-state index contributed by atoms with van der Waals surface area (Å²) in [5.74, 6) is -0.237. The van der Waals surface area contributed by atoms with E-state index >= 15 is 0 Å². The van der Waals surface area contributed by atoms with Crippen molar-refractivity contribution in [3.05, 3.63) is 95.0 Å². The Morgan fingerprint density at radius 3 is 2.62 bits per heavy atom. The smallest absolute Gasteiger partial charge is 0.256 e. The lowest BCUT2D eigenvalue weighted by molar-refractivity contribution is 0.102. The Bertz CT molecular complexity index is 1650. The van der Waals surface area contributed by atoms with E-state index in [1.807, 2.05) is 47.0 Å². The van der Waals surface area contributed by atoms with Gasteiger partial charge < -0.3 is 19.7 Å². The Kier molecular flexibility index (Phi) is 7.23. The van der Waals surface area contributed by atoms with Crippen LogP contribution in [0.1, 0.15) is 22.8 Å². The number of hydrogen-bond donors (Lipinski definition) is 2. The van der Waals surface area contributed by atoms with E-state index in [0.29, 0.717) is 23.5 Å². The zero-order valence-electron chi connectivity index (χ0n) is 22.1. The number of H-pyrrole nitrogens is 1. The number of carbonyl (C=O) groups excluding carboxylic acids is 1. The third-order valence-electron chi connectivity index (χ3n) is 7.44. The Morgan fingerprint density at radius 1 is 1.05 bits per heavy atom. The number of aromatic amines is 1. The average molecular weight is 558 g/mol. The van der Waals surface area contributed by atoms with Crippen molar-refractivity contribution >= 4 is 40.0 Å². The van der Waals surface area contributed by atoms with Crippen molar-refractivity contribution in [1.29, 1.82) is 0 Å². The van der Waals surface area contributed by atoms with Gasteiger partial charge in [-0.3, -0.25) is 9.89 Å². The molecule has 1 saturated heterocycles. The van der Waals surface area contributed by atoms with Gasteiger partial charge in [0.2, 0.25) is 0 Å². The van der Waals surface area contributed by atoms with Crippen molar-refractivity contribution in [3.63, 3.8) is 0 Å². The summed E-state index contributed by atoms with van der Waals surface area (Å²) < 4.78 is 15.8. The summed E-state index contributed by atoms with van der Waals surface area (Å²) in [6.45, 7) is 7.73. The molecule has 2 N–H and O–H groups in total. The van der Waals surface area contributed by atoms with Crippen LogP contribution >= 0.6 is 11.6 Å². The van der Waals surface area contributed by atoms with Gasteiger partial charge in [0, 0.05) is 49.1 Å². The Labute approximate surface area is 236 Å². The van der Waals surface area contributed by atoms with Crippen molar-refractivity contribution < 1.29 is 9.18 Å². The van der Waals surface area contributed by atoms with Gasteiger partial charge in [-0.25, -0.2) is 9.37 Å². The summed E-state index contributed by atoms with van der Waals surface area (Å²) in [6, 6.07) is 20.1. The summed E-state index contributed by atoms with van der Waals surface area (Å²) in [6.07, 6.45) is 1.71. The molecule has 0 atom stereocenters. The fourth-order valence-corrected chi connectivity index (χ4v) is 5.26. The number of aromatic nitrogens is 4. The summed E-state index contributed by atoms with van der Waals surface area (Å²) in [7, 11) is 0. The molecule has 3 aromatic carbocycles. The Morgan fingerprint density at radius 2 is 1.85 bits per heavy atom. The minimum Gasteiger partial charge on any atom is -0.369 e. The van der Waals surface area contributed by atoms with Gasteiger partial charge in [0.1, 0.15) is 5.82 Å². The van der Waals surface area contributed by atoms with Crippen molar-refractivity contribution in [3.8, 4) is 11.3 Å². The zero-order chi connectivity index (χ0) is 27.6. The van der Waals surface area contributed by atoms with Crippen LogP contribution in [0.5, 0.6) is 0 Å². The maximum Gasteiger partial charge on any atom is 0.256 e. The Hall–Kier alpha value is -4.21. The van der Waals surface area contributed by atoms with Crippen LogP contribution in [0.25, 0.3) is 22.3 Å². The van der Waals surface area contributed by atoms with Crippen LogP contribution in [0.3, 0.4) is 0 Å². The maximum atomic E-state index is 13.9. The first-order chi connectivity index (χ1) is 19.5. The lowest BCUT2D eigenvalue weighted by Gasteiger charge is -2.35. The number of nitrogens with one attached hydrogen (secondary N) is 2. The van der Waals surface area contributed by atoms with Crippen LogP contribution in [0.2, 0.25) is 5.02 Å². The molecule has 0 radical (unpaired) electrons. The molecule has 0 aliphatic carbocycles. The predicted octanol–water partition coefficient (Wildman–Crippen LogP) is 5.66. The topological polar surface area (TPSA) is 82.1 Å². The highest BCUT2D eigenvalue weighted by atomic mass is 35.5. The second kappa shape index (κ2) is 11.1. The molecule has 10 heteroatoms. The second-order valence-corrected chi connectivity index (χ2v) is 10.3. The first kappa shape index (κ1) is 26.0. The number of benzene rings is 3. The molecule has 0 spiro atoms. The number of nitrogens with zero attached hydrogens (tertiary/aromatic N) is 5. The number of piperazine rings is 1. The van der Waals surface area contributed by atoms with Gasteiger partial charge in [-0.2, -0.15) is 5.10 Å². The number of imidazole rings is 1. The molecular weight excluding hydrogens is 529 g/mol. The molecule has 1 aliphatic heterocycles. The van der Waals surface area contributed by atoms with Gasteiger partial charge in [-0.1, -0.05) is 36.7 Å². The normalized spacial score (nSPS) is 14.1. The highest BCUT2D eigenvalue weighted by molar-refractivity contribution is 6.31. The standard InChI is InChI=1S/C30H29ClFN7O/c1-2-37-12-14-38(15-13-37)23-9-6-20(7-10-23)30(40)34-28-17-26(35-36-28)21-8-11-25-27(16-21)39(19-33-25)18-22-4-3-5-24(32)29(22)31/h3-11,16-17,19H,2,12-15,18H2,1H3,(H2,34,35,36,40). The van der Waals surface area contributed by atoms with E-state index in [0.717, 1.165) is 60.7 Å². The molecule has 8 nitrogen and oxygen atoms in total. The number of carbonyl (C=O) groups is 1. The molecule has 0 bridgehead atoms. The average Bonchev–Trinajstić information content (AvgIpc) is 3.62. The van der Waals surface area contributed by atoms with E-state index in [1.165, 1.54) is 6.07 Å². The number of amides is 1. The number of halogens is 2. The van der Waals surface area contributed by atoms with Gasteiger partial charge in [0.05, 0.1) is 34.6 Å². The molecule has 0 saturated carbocycles. The highest BCUT2D eigenvalue weighted by Gasteiger charge is 2.17. The van der Waals surface area contributed by atoms with E-state index in [-0.39, 0.29) is 10.9 Å². The van der Waals surface area contributed by atoms with Crippen LogP contribution in [-0.4, -0.2) is 63.3 Å². The van der Waals surface area contributed by atoms with E-state index in [2.05, 4.69) is 37.2 Å². The van der Waals surface area contributed by atoms with Crippen molar-refractivity contribution in [2.45, 2.75) is 13.5 Å². The summed E-state index contributed by atoms with van der Waals surface area (Å²) >= 11 is 6.17. The zero-order valence-corrected chi connectivity index (χ0v) is 22.8. The fraction of sp³-hybridized carbons (Fsp3) is 0.233. The second-order valence-electron chi connectivity index (χ2n) is 9.88. The lowest BCUT2D eigenvalue weighted by atomic mass is 10.1. The fourth-order valence-electron chi connectivity index (χ4n) is 5.07. The van der Waals surface area contributed by atoms with Crippen molar-refractivity contribution in [2.75, 3.05) is 42.9 Å². The van der Waals surface area contributed by atoms with Gasteiger partial charge in [-0.05, 0) is 54.6 Å². The van der Waals surface area contributed by atoms with Crippen LogP contribution in [-0.2, 0) is 6.54 Å². The van der Waals surface area contributed by atoms with E-state index < -0.39 is 5.82 Å². The molecule has 1 amide bonds. The molecule has 1 aliphatic rings. The largest absolute Gasteiger partial charge is 0.369 e. The van der Waals surface area contributed by atoms with Gasteiger partial charge in [-0.15, -0.1) is 0 Å². The molecule has 204 valence electrons. The van der Waals surface area contributed by atoms with Crippen molar-refractivity contribution in [1.82, 2.24) is 24.6 Å². The monoisotopic (exact) mass is 557 g/mol. The first-order valence-corrected chi connectivity index (χ1v) is 13.7. The number of likely N-dealkylation sites (N-methyl/N-ethyl adjacent to an activating group) is 1. The molecule has 0 unspecified atom stereocenters. The molecular formula is C30H29ClFN7O.